The molecule has 3 heterocycles. The minimum Gasteiger partial charge on any atom is -0.339 e. The highest BCUT2D eigenvalue weighted by Crippen LogP contribution is 2.44. The van der Waals surface area contributed by atoms with Crippen molar-refractivity contribution in [2.45, 2.75) is 19.0 Å². The third-order valence-corrected chi connectivity index (χ3v) is 7.56. The number of anilines is 1. The van der Waals surface area contributed by atoms with Crippen LogP contribution in [0.3, 0.4) is 0 Å². The number of carbonyl (C=O) groups excluding carboxylic acids is 2. The van der Waals surface area contributed by atoms with Crippen LogP contribution in [0.5, 0.6) is 0 Å². The number of hydrogen-bond acceptors (Lipinski definition) is 8. The maximum absolute atomic E-state index is 12.7. The zero-order valence-corrected chi connectivity index (χ0v) is 21.1. The maximum Gasteiger partial charge on any atom is 0.354 e. The average Bonchev–Trinajstić information content (AvgIpc) is 3.29. The van der Waals surface area contributed by atoms with Gasteiger partial charge in [-0.25, -0.2) is 9.59 Å². The Bertz CT molecular complexity index is 1160. The molecular formula is C25H35N9O3. The third-order valence-electron chi connectivity index (χ3n) is 7.56. The number of piperidine rings is 1. The average molecular weight is 510 g/mol. The summed E-state index contributed by atoms with van der Waals surface area (Å²) < 4.78 is 1.46. The zero-order valence-electron chi connectivity index (χ0n) is 21.1. The van der Waals surface area contributed by atoms with Gasteiger partial charge in [0.2, 0.25) is 5.91 Å². The Labute approximate surface area is 215 Å². The van der Waals surface area contributed by atoms with Crippen LogP contribution in [0.25, 0.3) is 5.69 Å². The van der Waals surface area contributed by atoms with E-state index < -0.39 is 5.69 Å². The molecule has 2 saturated heterocycles. The number of amides is 3. The molecule has 2 aromatic rings. The van der Waals surface area contributed by atoms with Crippen LogP contribution >= 0.6 is 0 Å². The van der Waals surface area contributed by atoms with Crippen molar-refractivity contribution in [3.8, 4) is 5.69 Å². The Balaban J connectivity index is 1.11. The summed E-state index contributed by atoms with van der Waals surface area (Å²) in [6.07, 6.45) is 2.01. The fourth-order valence-corrected chi connectivity index (χ4v) is 5.28. The first-order valence-corrected chi connectivity index (χ1v) is 12.8. The van der Waals surface area contributed by atoms with Crippen LogP contribution in [0, 0.1) is 11.8 Å². The summed E-state index contributed by atoms with van der Waals surface area (Å²) in [7, 11) is 1.75. The van der Waals surface area contributed by atoms with Gasteiger partial charge in [0.05, 0.1) is 5.69 Å². The summed E-state index contributed by atoms with van der Waals surface area (Å²) in [5.74, 6) is 1.57. The highest BCUT2D eigenvalue weighted by Gasteiger charge is 2.53. The highest BCUT2D eigenvalue weighted by atomic mass is 16.2. The molecule has 12 nitrogen and oxygen atoms in total. The molecule has 1 aliphatic carbocycles. The summed E-state index contributed by atoms with van der Waals surface area (Å²) in [6, 6.07) is 9.55. The second-order valence-corrected chi connectivity index (χ2v) is 9.96. The van der Waals surface area contributed by atoms with Crippen LogP contribution < -0.4 is 27.6 Å². The van der Waals surface area contributed by atoms with Gasteiger partial charge in [0, 0.05) is 71.0 Å². The fraction of sp³-hybridized carbons (Fsp3) is 0.520. The van der Waals surface area contributed by atoms with E-state index in [4.69, 9.17) is 5.73 Å². The molecule has 198 valence electrons. The Morgan fingerprint density at radius 3 is 2.35 bits per heavy atom. The topological polar surface area (TPSA) is 141 Å². The maximum atomic E-state index is 12.7. The van der Waals surface area contributed by atoms with Crippen molar-refractivity contribution in [2.75, 3.05) is 58.2 Å². The number of nitrogens with one attached hydrogen (secondary N) is 3. The number of likely N-dealkylation sites (tertiary alicyclic amines) is 1. The van der Waals surface area contributed by atoms with E-state index in [2.05, 4.69) is 26.1 Å². The van der Waals surface area contributed by atoms with Crippen LogP contribution in [0.2, 0.25) is 0 Å². The van der Waals surface area contributed by atoms with Gasteiger partial charge >= 0.3 is 11.7 Å². The lowest BCUT2D eigenvalue weighted by Crippen LogP contribution is -2.52. The number of hydrazine groups is 1. The number of benzene rings is 1. The van der Waals surface area contributed by atoms with Gasteiger partial charge in [-0.3, -0.25) is 30.4 Å². The van der Waals surface area contributed by atoms with Crippen LogP contribution in [-0.4, -0.2) is 95.1 Å². The molecule has 0 spiro atoms. The van der Waals surface area contributed by atoms with Crippen molar-refractivity contribution in [2.24, 2.45) is 17.6 Å². The number of piperazine rings is 1. The monoisotopic (exact) mass is 509 g/mol. The summed E-state index contributed by atoms with van der Waals surface area (Å²) in [4.78, 5) is 47.4. The molecule has 37 heavy (non-hydrogen) atoms. The number of carbonyl (C=O) groups is 2. The molecule has 2 unspecified atom stereocenters. The van der Waals surface area contributed by atoms with Gasteiger partial charge in [-0.05, 0) is 42.6 Å². The van der Waals surface area contributed by atoms with Crippen molar-refractivity contribution >= 4 is 17.8 Å². The third kappa shape index (κ3) is 5.82. The summed E-state index contributed by atoms with van der Waals surface area (Å²) >= 11 is 0. The largest absolute Gasteiger partial charge is 0.354 e. The molecule has 12 heteroatoms. The fourth-order valence-electron chi connectivity index (χ4n) is 5.28. The number of nitrogens with two attached hydrogens (primary N) is 1. The molecule has 3 aliphatic rings. The smallest absolute Gasteiger partial charge is 0.339 e. The van der Waals surface area contributed by atoms with E-state index in [0.717, 1.165) is 25.3 Å². The molecule has 1 aromatic heterocycles. The van der Waals surface area contributed by atoms with Gasteiger partial charge in [-0.15, -0.1) is 0 Å². The van der Waals surface area contributed by atoms with Crippen LogP contribution in [0.1, 0.15) is 12.0 Å². The molecule has 3 amide bonds. The SMILES string of the molecule is CNNCCC(=O)N1CCN(C(=O)Nc2ccn(-c3ccc(CN4CC5C(N)C5C4)cc3)c(=O)n2)CC1. The number of fused-ring (bicyclic) bond motifs is 1. The normalized spacial score (nSPS) is 23.1. The summed E-state index contributed by atoms with van der Waals surface area (Å²) in [5, 5.41) is 2.70. The van der Waals surface area contributed by atoms with Gasteiger partial charge < -0.3 is 15.5 Å². The standard InChI is InChI=1S/C25H35N9O3/c1-27-28-8-6-22(35)32-10-12-33(13-11-32)24(36)29-21-7-9-34(25(37)30-21)18-4-2-17(3-5-18)14-31-15-19-20(16-31)23(19)26/h2-5,7,9,19-20,23,27-28H,6,8,10-16,26H2,1H3,(H,29,30,36,37). The summed E-state index contributed by atoms with van der Waals surface area (Å²) in [5.41, 5.74) is 13.2. The number of aromatic nitrogens is 2. The molecule has 2 atom stereocenters. The highest BCUT2D eigenvalue weighted by molar-refractivity contribution is 5.88. The van der Waals surface area contributed by atoms with E-state index >= 15 is 0 Å². The van der Waals surface area contributed by atoms with Crippen LogP contribution in [0.15, 0.2) is 41.3 Å². The molecule has 0 bridgehead atoms. The van der Waals surface area contributed by atoms with Crippen molar-refractivity contribution < 1.29 is 9.59 Å². The lowest BCUT2D eigenvalue weighted by molar-refractivity contribution is -0.132. The minimum absolute atomic E-state index is 0.0540. The minimum atomic E-state index is -0.468. The van der Waals surface area contributed by atoms with Crippen molar-refractivity contribution in [1.82, 2.24) is 35.1 Å². The second-order valence-electron chi connectivity index (χ2n) is 9.96. The molecule has 1 saturated carbocycles. The van der Waals surface area contributed by atoms with Gasteiger partial charge in [-0.1, -0.05) is 12.1 Å². The van der Waals surface area contributed by atoms with Crippen LogP contribution in [0.4, 0.5) is 10.6 Å². The molecular weight excluding hydrogens is 474 g/mol. The van der Waals surface area contributed by atoms with E-state index in [-0.39, 0.29) is 17.8 Å². The van der Waals surface area contributed by atoms with Crippen LogP contribution in [-0.2, 0) is 11.3 Å². The molecule has 0 radical (unpaired) electrons. The van der Waals surface area contributed by atoms with Crippen molar-refractivity contribution in [3.05, 3.63) is 52.6 Å². The van der Waals surface area contributed by atoms with Crippen molar-refractivity contribution in [1.29, 1.82) is 0 Å². The quantitative estimate of drug-likeness (QED) is 0.274. The molecule has 2 aliphatic heterocycles. The first-order chi connectivity index (χ1) is 17.9. The molecule has 3 fully saturated rings. The van der Waals surface area contributed by atoms with Gasteiger partial charge in [0.15, 0.2) is 0 Å². The number of rotatable bonds is 8. The predicted molar refractivity (Wildman–Crippen MR) is 139 cm³/mol. The van der Waals surface area contributed by atoms with E-state index in [9.17, 15) is 14.4 Å². The van der Waals surface area contributed by atoms with E-state index in [0.29, 0.717) is 57.0 Å². The van der Waals surface area contributed by atoms with Gasteiger partial charge in [0.1, 0.15) is 5.82 Å². The summed E-state index contributed by atoms with van der Waals surface area (Å²) in [6.45, 7) is 5.35. The van der Waals surface area contributed by atoms with E-state index in [1.165, 1.54) is 10.1 Å². The van der Waals surface area contributed by atoms with E-state index in [1.807, 2.05) is 24.3 Å². The number of hydrogen-bond donors (Lipinski definition) is 4. The molecule has 1 aromatic carbocycles. The van der Waals surface area contributed by atoms with E-state index in [1.54, 1.807) is 29.1 Å². The van der Waals surface area contributed by atoms with Gasteiger partial charge in [-0.2, -0.15) is 4.98 Å². The Hall–Kier alpha value is -3.32. The lowest BCUT2D eigenvalue weighted by atomic mass is 10.2. The predicted octanol–water partition coefficient (Wildman–Crippen LogP) is -0.588. The number of nitrogens with zero attached hydrogens (tertiary/aromatic N) is 5. The zero-order chi connectivity index (χ0) is 25.9. The Kier molecular flexibility index (Phi) is 7.51. The second kappa shape index (κ2) is 11.0. The molecule has 5 N–H and O–H groups in total. The Morgan fingerprint density at radius 1 is 1.03 bits per heavy atom. The lowest BCUT2D eigenvalue weighted by Gasteiger charge is -2.34. The number of urea groups is 1. The first kappa shape index (κ1) is 25.3. The molecule has 5 rings (SSSR count). The van der Waals surface area contributed by atoms with Crippen molar-refractivity contribution in [3.63, 3.8) is 0 Å². The van der Waals surface area contributed by atoms with Gasteiger partial charge in [0.25, 0.3) is 0 Å². The first-order valence-electron chi connectivity index (χ1n) is 12.8. The Morgan fingerprint density at radius 2 is 1.70 bits per heavy atom.